The van der Waals surface area contributed by atoms with Gasteiger partial charge in [0.15, 0.2) is 5.69 Å². The summed E-state index contributed by atoms with van der Waals surface area (Å²) in [6.45, 7) is 4.41. The van der Waals surface area contributed by atoms with Gasteiger partial charge in [-0.25, -0.2) is 0 Å². The van der Waals surface area contributed by atoms with E-state index in [2.05, 4.69) is 15.5 Å². The van der Waals surface area contributed by atoms with Crippen LogP contribution in [0.4, 0.5) is 5.82 Å². The largest absolute Gasteiger partial charge is 0.367 e. The van der Waals surface area contributed by atoms with Crippen molar-refractivity contribution in [3.63, 3.8) is 0 Å². The minimum Gasteiger partial charge on any atom is -0.367 e. The van der Waals surface area contributed by atoms with Crippen LogP contribution in [-0.2, 0) is 0 Å². The maximum Gasteiger partial charge on any atom is 0.273 e. The zero-order chi connectivity index (χ0) is 13.1. The maximum atomic E-state index is 11.6. The minimum atomic E-state index is -0.320. The van der Waals surface area contributed by atoms with Gasteiger partial charge in [0.25, 0.3) is 5.91 Å². The Bertz CT molecular complexity index is 380. The first-order chi connectivity index (χ1) is 7.79. The highest BCUT2D eigenvalue weighted by atomic mass is 16.2. The van der Waals surface area contributed by atoms with Gasteiger partial charge in [-0.3, -0.25) is 4.79 Å². The van der Waals surface area contributed by atoms with E-state index in [-0.39, 0.29) is 11.4 Å². The van der Waals surface area contributed by atoms with Crippen molar-refractivity contribution < 1.29 is 4.79 Å². The van der Waals surface area contributed by atoms with Crippen LogP contribution < -0.4 is 11.1 Å². The molecule has 0 radical (unpaired) electrons. The van der Waals surface area contributed by atoms with Gasteiger partial charge in [-0.15, -0.1) is 10.2 Å². The molecular formula is C11H19N5O. The fourth-order valence-electron chi connectivity index (χ4n) is 1.09. The van der Waals surface area contributed by atoms with Crippen LogP contribution in [0.5, 0.6) is 0 Å². The molecule has 1 aromatic rings. The molecular weight excluding hydrogens is 218 g/mol. The molecule has 1 rings (SSSR count). The van der Waals surface area contributed by atoms with Crippen molar-refractivity contribution in [3.8, 4) is 0 Å². The Labute approximate surface area is 101 Å². The van der Waals surface area contributed by atoms with Crippen molar-refractivity contribution in [2.24, 2.45) is 5.73 Å². The fourth-order valence-corrected chi connectivity index (χ4v) is 1.09. The predicted molar refractivity (Wildman–Crippen MR) is 66.8 cm³/mol. The molecule has 17 heavy (non-hydrogen) atoms. The van der Waals surface area contributed by atoms with E-state index in [0.717, 1.165) is 0 Å². The average Bonchev–Trinajstić information content (AvgIpc) is 2.25. The number of carbonyl (C=O) groups is 1. The molecule has 0 atom stereocenters. The quantitative estimate of drug-likeness (QED) is 0.788. The SMILES string of the molecule is CN(C)C(=O)c1ccc(NCC(C)(C)N)nn1. The number of hydrogen-bond acceptors (Lipinski definition) is 5. The van der Waals surface area contributed by atoms with E-state index in [1.165, 1.54) is 4.90 Å². The predicted octanol–water partition coefficient (Wildman–Crippen LogP) is 0.328. The van der Waals surface area contributed by atoms with Gasteiger partial charge in [0, 0.05) is 26.2 Å². The van der Waals surface area contributed by atoms with Crippen molar-refractivity contribution >= 4 is 11.7 Å². The van der Waals surface area contributed by atoms with E-state index in [0.29, 0.717) is 18.1 Å². The Balaban J connectivity index is 2.66. The molecule has 0 saturated carbocycles. The standard InChI is InChI=1S/C11H19N5O/c1-11(2,12)7-13-9-6-5-8(14-15-9)10(17)16(3)4/h5-6H,7,12H2,1-4H3,(H,13,15). The third-order valence-electron chi connectivity index (χ3n) is 2.01. The summed E-state index contributed by atoms with van der Waals surface area (Å²) in [4.78, 5) is 13.0. The second kappa shape index (κ2) is 5.09. The first-order valence-electron chi connectivity index (χ1n) is 5.38. The molecule has 94 valence electrons. The lowest BCUT2D eigenvalue weighted by Crippen LogP contribution is -2.39. The van der Waals surface area contributed by atoms with E-state index in [1.807, 2.05) is 13.8 Å². The molecule has 0 fully saturated rings. The third-order valence-corrected chi connectivity index (χ3v) is 2.01. The molecule has 6 heteroatoms. The Morgan fingerprint density at radius 1 is 1.41 bits per heavy atom. The Hall–Kier alpha value is -1.69. The van der Waals surface area contributed by atoms with E-state index in [1.54, 1.807) is 26.2 Å². The first-order valence-corrected chi connectivity index (χ1v) is 5.38. The number of nitrogens with one attached hydrogen (secondary N) is 1. The van der Waals surface area contributed by atoms with Gasteiger partial charge in [0.1, 0.15) is 5.82 Å². The molecule has 1 aromatic heterocycles. The Kier molecular flexibility index (Phi) is 4.01. The highest BCUT2D eigenvalue weighted by molar-refractivity contribution is 5.91. The maximum absolute atomic E-state index is 11.6. The van der Waals surface area contributed by atoms with Gasteiger partial charge in [0.05, 0.1) is 0 Å². The molecule has 0 aromatic carbocycles. The molecule has 1 heterocycles. The van der Waals surface area contributed by atoms with E-state index >= 15 is 0 Å². The number of nitrogens with two attached hydrogens (primary N) is 1. The lowest BCUT2D eigenvalue weighted by atomic mass is 10.1. The number of nitrogens with zero attached hydrogens (tertiary/aromatic N) is 3. The average molecular weight is 237 g/mol. The lowest BCUT2D eigenvalue weighted by Gasteiger charge is -2.19. The van der Waals surface area contributed by atoms with Crippen LogP contribution in [0.3, 0.4) is 0 Å². The number of amides is 1. The van der Waals surface area contributed by atoms with Crippen molar-refractivity contribution in [3.05, 3.63) is 17.8 Å². The van der Waals surface area contributed by atoms with Gasteiger partial charge < -0.3 is 16.0 Å². The summed E-state index contributed by atoms with van der Waals surface area (Å²) in [5.41, 5.74) is 5.84. The van der Waals surface area contributed by atoms with Crippen LogP contribution in [0.25, 0.3) is 0 Å². The zero-order valence-electron chi connectivity index (χ0n) is 10.7. The summed E-state index contributed by atoms with van der Waals surface area (Å²) in [5.74, 6) is 0.446. The summed E-state index contributed by atoms with van der Waals surface area (Å²) in [7, 11) is 3.35. The van der Waals surface area contributed by atoms with E-state index < -0.39 is 0 Å². The summed E-state index contributed by atoms with van der Waals surface area (Å²) in [6, 6.07) is 3.36. The van der Waals surface area contributed by atoms with Gasteiger partial charge in [-0.1, -0.05) is 0 Å². The number of rotatable bonds is 4. The molecule has 0 aliphatic rings. The topological polar surface area (TPSA) is 84.1 Å². The van der Waals surface area contributed by atoms with Crippen molar-refractivity contribution in [2.45, 2.75) is 19.4 Å². The normalized spacial score (nSPS) is 11.1. The second-order valence-electron chi connectivity index (χ2n) is 4.85. The van der Waals surface area contributed by atoms with E-state index in [9.17, 15) is 4.79 Å². The Morgan fingerprint density at radius 2 is 2.06 bits per heavy atom. The fraction of sp³-hybridized carbons (Fsp3) is 0.545. The summed E-state index contributed by atoms with van der Waals surface area (Å²) in [6.07, 6.45) is 0. The molecule has 6 nitrogen and oxygen atoms in total. The molecule has 0 spiro atoms. The van der Waals surface area contributed by atoms with Gasteiger partial charge >= 0.3 is 0 Å². The highest BCUT2D eigenvalue weighted by Crippen LogP contribution is 2.05. The molecule has 0 bridgehead atoms. The minimum absolute atomic E-state index is 0.164. The van der Waals surface area contributed by atoms with Gasteiger partial charge in [-0.05, 0) is 26.0 Å². The van der Waals surface area contributed by atoms with Crippen molar-refractivity contribution in [1.29, 1.82) is 0 Å². The van der Waals surface area contributed by atoms with Crippen molar-refractivity contribution in [1.82, 2.24) is 15.1 Å². The smallest absolute Gasteiger partial charge is 0.273 e. The monoisotopic (exact) mass is 237 g/mol. The van der Waals surface area contributed by atoms with Crippen LogP contribution >= 0.6 is 0 Å². The van der Waals surface area contributed by atoms with Crippen LogP contribution in [0.2, 0.25) is 0 Å². The van der Waals surface area contributed by atoms with Crippen LogP contribution in [-0.4, -0.2) is 47.2 Å². The van der Waals surface area contributed by atoms with Crippen LogP contribution in [0.15, 0.2) is 12.1 Å². The molecule has 0 aliphatic heterocycles. The molecule has 3 N–H and O–H groups in total. The van der Waals surface area contributed by atoms with Crippen LogP contribution in [0.1, 0.15) is 24.3 Å². The van der Waals surface area contributed by atoms with Gasteiger partial charge in [-0.2, -0.15) is 0 Å². The lowest BCUT2D eigenvalue weighted by molar-refractivity contribution is 0.0821. The molecule has 0 saturated heterocycles. The van der Waals surface area contributed by atoms with Crippen LogP contribution in [0, 0.1) is 0 Å². The molecule has 0 aliphatic carbocycles. The Morgan fingerprint density at radius 3 is 2.47 bits per heavy atom. The van der Waals surface area contributed by atoms with Gasteiger partial charge in [0.2, 0.25) is 0 Å². The number of aromatic nitrogens is 2. The zero-order valence-corrected chi connectivity index (χ0v) is 10.7. The summed E-state index contributed by atoms with van der Waals surface area (Å²) >= 11 is 0. The second-order valence-corrected chi connectivity index (χ2v) is 4.85. The number of carbonyl (C=O) groups excluding carboxylic acids is 1. The first kappa shape index (κ1) is 13.4. The third kappa shape index (κ3) is 4.36. The molecule has 0 unspecified atom stereocenters. The van der Waals surface area contributed by atoms with Crippen molar-refractivity contribution in [2.75, 3.05) is 26.0 Å². The summed E-state index contributed by atoms with van der Waals surface area (Å²) < 4.78 is 0. The number of anilines is 1. The number of hydrogen-bond donors (Lipinski definition) is 2. The molecule has 1 amide bonds. The summed E-state index contributed by atoms with van der Waals surface area (Å²) in [5, 5.41) is 10.8. The van der Waals surface area contributed by atoms with E-state index in [4.69, 9.17) is 5.73 Å². The highest BCUT2D eigenvalue weighted by Gasteiger charge is 2.12.